The van der Waals surface area contributed by atoms with Gasteiger partial charge in [0, 0.05) is 13.1 Å². The van der Waals surface area contributed by atoms with Crippen molar-refractivity contribution < 1.29 is 8.42 Å². The van der Waals surface area contributed by atoms with Gasteiger partial charge in [-0.25, -0.2) is 8.42 Å². The molecule has 0 unspecified atom stereocenters. The van der Waals surface area contributed by atoms with Crippen molar-refractivity contribution in [3.05, 3.63) is 23.2 Å². The standard InChI is InChI=1S/C13H19ClN2O2S/c1-2-16(9-10-5-3-6-10)19(17,18)13-11(14)7-4-8-12(13)15/h4,7-8,10H,2-3,5-6,9,15H2,1H3. The van der Waals surface area contributed by atoms with Crippen LogP contribution in [0.15, 0.2) is 23.1 Å². The molecule has 0 amide bonds. The van der Waals surface area contributed by atoms with Gasteiger partial charge in [-0.05, 0) is 30.9 Å². The number of hydrogen-bond acceptors (Lipinski definition) is 3. The summed E-state index contributed by atoms with van der Waals surface area (Å²) in [5.74, 6) is 0.471. The Morgan fingerprint density at radius 1 is 1.42 bits per heavy atom. The van der Waals surface area contributed by atoms with Gasteiger partial charge in [-0.15, -0.1) is 0 Å². The number of halogens is 1. The first-order valence-electron chi connectivity index (χ1n) is 6.51. The summed E-state index contributed by atoms with van der Waals surface area (Å²) in [4.78, 5) is 0.0397. The fraction of sp³-hybridized carbons (Fsp3) is 0.538. The molecule has 1 aliphatic carbocycles. The van der Waals surface area contributed by atoms with Gasteiger partial charge in [-0.1, -0.05) is 31.0 Å². The smallest absolute Gasteiger partial charge is 0.246 e. The molecule has 4 nitrogen and oxygen atoms in total. The molecule has 1 fully saturated rings. The summed E-state index contributed by atoms with van der Waals surface area (Å²) in [6.07, 6.45) is 3.39. The summed E-state index contributed by atoms with van der Waals surface area (Å²) in [6, 6.07) is 4.77. The highest BCUT2D eigenvalue weighted by Crippen LogP contribution is 2.33. The van der Waals surface area contributed by atoms with Crippen LogP contribution in [-0.2, 0) is 10.0 Å². The maximum atomic E-state index is 12.6. The van der Waals surface area contributed by atoms with Gasteiger partial charge in [0.15, 0.2) is 0 Å². The molecule has 106 valence electrons. The average Bonchev–Trinajstić information content (AvgIpc) is 2.26. The fourth-order valence-corrected chi connectivity index (χ4v) is 4.45. The zero-order chi connectivity index (χ0) is 14.0. The third-order valence-corrected chi connectivity index (χ3v) is 6.12. The number of hydrogen-bond donors (Lipinski definition) is 1. The molecule has 19 heavy (non-hydrogen) atoms. The summed E-state index contributed by atoms with van der Waals surface area (Å²) < 4.78 is 26.8. The quantitative estimate of drug-likeness (QED) is 0.851. The molecule has 2 rings (SSSR count). The Balaban J connectivity index is 2.33. The molecule has 0 spiro atoms. The van der Waals surface area contributed by atoms with Gasteiger partial charge in [-0.2, -0.15) is 4.31 Å². The zero-order valence-electron chi connectivity index (χ0n) is 11.0. The van der Waals surface area contributed by atoms with E-state index < -0.39 is 10.0 Å². The molecule has 0 aliphatic heterocycles. The van der Waals surface area contributed by atoms with Crippen molar-refractivity contribution in [3.63, 3.8) is 0 Å². The van der Waals surface area contributed by atoms with Crippen molar-refractivity contribution in [2.45, 2.75) is 31.1 Å². The van der Waals surface area contributed by atoms with Crippen LogP contribution in [-0.4, -0.2) is 25.8 Å². The van der Waals surface area contributed by atoms with Gasteiger partial charge in [0.1, 0.15) is 4.90 Å². The minimum absolute atomic E-state index is 0.0397. The van der Waals surface area contributed by atoms with Crippen LogP contribution in [0.5, 0.6) is 0 Å². The van der Waals surface area contributed by atoms with Crippen LogP contribution < -0.4 is 5.73 Å². The molecule has 0 saturated heterocycles. The normalized spacial score (nSPS) is 16.6. The van der Waals surface area contributed by atoms with Crippen molar-refractivity contribution in [2.75, 3.05) is 18.8 Å². The number of nitrogens with zero attached hydrogens (tertiary/aromatic N) is 1. The van der Waals surface area contributed by atoms with Crippen molar-refractivity contribution in [1.29, 1.82) is 0 Å². The highest BCUT2D eigenvalue weighted by molar-refractivity contribution is 7.89. The molecule has 1 aromatic carbocycles. The predicted molar refractivity (Wildman–Crippen MR) is 77.6 cm³/mol. The first-order chi connectivity index (χ1) is 8.96. The van der Waals surface area contributed by atoms with Crippen LogP contribution in [0.2, 0.25) is 5.02 Å². The lowest BCUT2D eigenvalue weighted by Gasteiger charge is -2.31. The van der Waals surface area contributed by atoms with Crippen molar-refractivity contribution in [2.24, 2.45) is 5.92 Å². The predicted octanol–water partition coefficient (Wildman–Crippen LogP) is 2.73. The van der Waals surface area contributed by atoms with Crippen LogP contribution in [0.25, 0.3) is 0 Å². The van der Waals surface area contributed by atoms with E-state index in [1.807, 2.05) is 6.92 Å². The Morgan fingerprint density at radius 2 is 2.11 bits per heavy atom. The van der Waals surface area contributed by atoms with Crippen molar-refractivity contribution in [1.82, 2.24) is 4.31 Å². The summed E-state index contributed by atoms with van der Waals surface area (Å²) in [5, 5.41) is 0.187. The number of rotatable bonds is 5. The highest BCUT2D eigenvalue weighted by atomic mass is 35.5. The van der Waals surface area contributed by atoms with Gasteiger partial charge in [0.2, 0.25) is 10.0 Å². The molecule has 0 bridgehead atoms. The summed E-state index contributed by atoms with van der Waals surface area (Å²) in [6.45, 7) is 2.83. The first kappa shape index (κ1) is 14.6. The highest BCUT2D eigenvalue weighted by Gasteiger charge is 2.31. The maximum absolute atomic E-state index is 12.6. The minimum atomic E-state index is -3.61. The van der Waals surface area contributed by atoms with Gasteiger partial charge in [0.05, 0.1) is 10.7 Å². The lowest BCUT2D eigenvalue weighted by atomic mass is 9.85. The van der Waals surface area contributed by atoms with Crippen molar-refractivity contribution in [3.8, 4) is 0 Å². The topological polar surface area (TPSA) is 63.4 Å². The molecule has 0 heterocycles. The van der Waals surface area contributed by atoms with Gasteiger partial charge < -0.3 is 5.73 Å². The van der Waals surface area contributed by atoms with E-state index in [9.17, 15) is 8.42 Å². The lowest BCUT2D eigenvalue weighted by Crippen LogP contribution is -2.37. The van der Waals surface area contributed by atoms with E-state index in [1.54, 1.807) is 18.2 Å². The SMILES string of the molecule is CCN(CC1CCC1)S(=O)(=O)c1c(N)cccc1Cl. The molecule has 1 aromatic rings. The Hall–Kier alpha value is -0.780. The average molecular weight is 303 g/mol. The second-order valence-electron chi connectivity index (χ2n) is 4.91. The van der Waals surface area contributed by atoms with Crippen LogP contribution >= 0.6 is 11.6 Å². The first-order valence-corrected chi connectivity index (χ1v) is 8.32. The van der Waals surface area contributed by atoms with E-state index in [-0.39, 0.29) is 15.6 Å². The third-order valence-electron chi connectivity index (χ3n) is 3.63. The van der Waals surface area contributed by atoms with Crippen LogP contribution in [0, 0.1) is 5.92 Å². The molecule has 0 radical (unpaired) electrons. The van der Waals surface area contributed by atoms with E-state index in [0.29, 0.717) is 19.0 Å². The number of anilines is 1. The Labute approximate surface area is 119 Å². The summed E-state index contributed by atoms with van der Waals surface area (Å²) in [7, 11) is -3.61. The van der Waals surface area contributed by atoms with E-state index >= 15 is 0 Å². The third kappa shape index (κ3) is 2.88. The van der Waals surface area contributed by atoms with Gasteiger partial charge >= 0.3 is 0 Å². The maximum Gasteiger partial charge on any atom is 0.246 e. The van der Waals surface area contributed by atoms with Gasteiger partial charge in [0.25, 0.3) is 0 Å². The number of nitrogens with two attached hydrogens (primary N) is 1. The Bertz CT molecular complexity index is 536. The molecular weight excluding hydrogens is 284 g/mol. The van der Waals surface area contributed by atoms with E-state index in [0.717, 1.165) is 12.8 Å². The summed E-state index contributed by atoms with van der Waals surface area (Å²) in [5.41, 5.74) is 5.99. The Morgan fingerprint density at radius 3 is 2.58 bits per heavy atom. The largest absolute Gasteiger partial charge is 0.398 e. The molecule has 1 aliphatic rings. The number of nitrogen functional groups attached to an aromatic ring is 1. The molecule has 6 heteroatoms. The Kier molecular flexibility index (Phi) is 4.38. The zero-order valence-corrected chi connectivity index (χ0v) is 12.5. The molecule has 0 atom stereocenters. The second kappa shape index (κ2) is 5.69. The van der Waals surface area contributed by atoms with Gasteiger partial charge in [-0.3, -0.25) is 0 Å². The molecule has 2 N–H and O–H groups in total. The molecular formula is C13H19ClN2O2S. The monoisotopic (exact) mass is 302 g/mol. The lowest BCUT2D eigenvalue weighted by molar-refractivity contribution is 0.250. The van der Waals surface area contributed by atoms with Crippen LogP contribution in [0.3, 0.4) is 0 Å². The minimum Gasteiger partial charge on any atom is -0.398 e. The number of benzene rings is 1. The fourth-order valence-electron chi connectivity index (χ4n) is 2.29. The molecule has 1 saturated carbocycles. The molecule has 0 aromatic heterocycles. The van der Waals surface area contributed by atoms with E-state index in [1.165, 1.54) is 10.7 Å². The number of sulfonamides is 1. The van der Waals surface area contributed by atoms with E-state index in [2.05, 4.69) is 0 Å². The van der Waals surface area contributed by atoms with E-state index in [4.69, 9.17) is 17.3 Å². The van der Waals surface area contributed by atoms with Crippen LogP contribution in [0.1, 0.15) is 26.2 Å². The van der Waals surface area contributed by atoms with Crippen LogP contribution in [0.4, 0.5) is 5.69 Å². The summed E-state index contributed by atoms with van der Waals surface area (Å²) >= 11 is 6.01. The second-order valence-corrected chi connectivity index (χ2v) is 7.19. The van der Waals surface area contributed by atoms with Crippen molar-refractivity contribution >= 4 is 27.3 Å².